The summed E-state index contributed by atoms with van der Waals surface area (Å²) in [6.45, 7) is 2.14. The van der Waals surface area contributed by atoms with Gasteiger partial charge in [0.1, 0.15) is 11.1 Å². The molecule has 0 bridgehead atoms. The Morgan fingerprint density at radius 2 is 2.09 bits per heavy atom. The Morgan fingerprint density at radius 1 is 1.36 bits per heavy atom. The molecule has 22 heavy (non-hydrogen) atoms. The predicted octanol–water partition coefficient (Wildman–Crippen LogP) is 3.16. The molecule has 4 nitrogen and oxygen atoms in total. The summed E-state index contributed by atoms with van der Waals surface area (Å²) in [4.78, 5) is 3.99. The molecule has 1 aliphatic carbocycles. The van der Waals surface area contributed by atoms with Gasteiger partial charge in [-0.3, -0.25) is 0 Å². The van der Waals surface area contributed by atoms with Crippen LogP contribution in [0.4, 0.5) is 13.2 Å². The van der Waals surface area contributed by atoms with Crippen LogP contribution in [0.5, 0.6) is 0 Å². The van der Waals surface area contributed by atoms with Crippen molar-refractivity contribution < 1.29 is 22.7 Å². The molecule has 0 aliphatic heterocycles. The minimum absolute atomic E-state index is 0.200. The molecule has 2 aromatic rings. The summed E-state index contributed by atoms with van der Waals surface area (Å²) in [6.07, 6.45) is -2.04. The van der Waals surface area contributed by atoms with Crippen LogP contribution in [0.1, 0.15) is 36.3 Å². The molecule has 0 radical (unpaired) electrons. The number of aliphatic hydroxyl groups is 1. The summed E-state index contributed by atoms with van der Waals surface area (Å²) < 4.78 is 44.5. The van der Waals surface area contributed by atoms with Gasteiger partial charge in [0, 0.05) is 20.0 Å². The number of rotatable bonds is 4. The fraction of sp³-hybridized carbons (Fsp3) is 0.533. The van der Waals surface area contributed by atoms with Crippen molar-refractivity contribution in [1.82, 2.24) is 10.3 Å². The molecule has 0 amide bonds. The van der Waals surface area contributed by atoms with E-state index in [0.717, 1.165) is 25.3 Å². The molecule has 3 rings (SSSR count). The minimum atomic E-state index is -4.49. The van der Waals surface area contributed by atoms with Crippen LogP contribution in [0.2, 0.25) is 0 Å². The second kappa shape index (κ2) is 5.24. The first kappa shape index (κ1) is 15.3. The standard InChI is InChI=1S/C15H17F3N2O2/c1-9-20-12-6-10(7-19-8-14(21)3-2-4-14)5-11(13(12)22-9)15(16,17)18/h5-6,19,21H,2-4,7-8H2,1H3. The molecule has 1 heterocycles. The number of hydrogen-bond acceptors (Lipinski definition) is 4. The summed E-state index contributed by atoms with van der Waals surface area (Å²) in [6, 6.07) is 2.66. The van der Waals surface area contributed by atoms with Crippen LogP contribution >= 0.6 is 0 Å². The van der Waals surface area contributed by atoms with Crippen molar-refractivity contribution in [3.05, 3.63) is 29.2 Å². The number of nitrogens with zero attached hydrogens (tertiary/aromatic N) is 1. The number of fused-ring (bicyclic) bond motifs is 1. The van der Waals surface area contributed by atoms with Gasteiger partial charge in [0.15, 0.2) is 11.5 Å². The van der Waals surface area contributed by atoms with Crippen molar-refractivity contribution >= 4 is 11.1 Å². The van der Waals surface area contributed by atoms with Gasteiger partial charge in [0.05, 0.1) is 5.60 Å². The van der Waals surface area contributed by atoms with Gasteiger partial charge in [-0.05, 0) is 37.0 Å². The van der Waals surface area contributed by atoms with Crippen molar-refractivity contribution in [1.29, 1.82) is 0 Å². The van der Waals surface area contributed by atoms with E-state index < -0.39 is 17.3 Å². The number of hydrogen-bond donors (Lipinski definition) is 2. The number of benzene rings is 1. The second-order valence-corrected chi connectivity index (χ2v) is 5.90. The number of nitrogens with one attached hydrogen (secondary N) is 1. The van der Waals surface area contributed by atoms with Gasteiger partial charge in [-0.25, -0.2) is 4.98 Å². The Bertz CT molecular complexity index is 690. The van der Waals surface area contributed by atoms with E-state index in [0.29, 0.717) is 12.1 Å². The number of halogens is 3. The lowest BCUT2D eigenvalue weighted by molar-refractivity contribution is -0.136. The van der Waals surface area contributed by atoms with Gasteiger partial charge in [0.25, 0.3) is 0 Å². The highest BCUT2D eigenvalue weighted by Crippen LogP contribution is 2.36. The van der Waals surface area contributed by atoms with E-state index in [1.54, 1.807) is 6.07 Å². The predicted molar refractivity (Wildman–Crippen MR) is 74.3 cm³/mol. The Hall–Kier alpha value is -1.60. The van der Waals surface area contributed by atoms with E-state index in [9.17, 15) is 18.3 Å². The van der Waals surface area contributed by atoms with Gasteiger partial charge < -0.3 is 14.8 Å². The summed E-state index contributed by atoms with van der Waals surface area (Å²) in [5, 5.41) is 13.0. The molecule has 1 aromatic carbocycles. The average molecular weight is 314 g/mol. The van der Waals surface area contributed by atoms with Gasteiger partial charge in [-0.1, -0.05) is 0 Å². The van der Waals surface area contributed by atoms with Crippen molar-refractivity contribution in [2.24, 2.45) is 0 Å². The quantitative estimate of drug-likeness (QED) is 0.910. The van der Waals surface area contributed by atoms with Gasteiger partial charge >= 0.3 is 6.18 Å². The molecule has 0 spiro atoms. The van der Waals surface area contributed by atoms with Crippen LogP contribution in [0.3, 0.4) is 0 Å². The van der Waals surface area contributed by atoms with Crippen molar-refractivity contribution in [3.8, 4) is 0 Å². The molecule has 1 fully saturated rings. The number of aryl methyl sites for hydroxylation is 1. The molecule has 120 valence electrons. The highest BCUT2D eigenvalue weighted by Gasteiger charge is 2.36. The van der Waals surface area contributed by atoms with Gasteiger partial charge in [0.2, 0.25) is 0 Å². The molecule has 1 aromatic heterocycles. The molecule has 2 N–H and O–H groups in total. The SMILES string of the molecule is Cc1nc2cc(CNCC3(O)CCC3)cc(C(F)(F)F)c2o1. The lowest BCUT2D eigenvalue weighted by Gasteiger charge is -2.36. The van der Waals surface area contributed by atoms with Crippen LogP contribution in [0.15, 0.2) is 16.5 Å². The topological polar surface area (TPSA) is 58.3 Å². The smallest absolute Gasteiger partial charge is 0.420 e. The third kappa shape index (κ3) is 2.96. The molecule has 1 aliphatic rings. The largest absolute Gasteiger partial charge is 0.440 e. The summed E-state index contributed by atoms with van der Waals surface area (Å²) >= 11 is 0. The number of aromatic nitrogens is 1. The lowest BCUT2D eigenvalue weighted by Crippen LogP contribution is -2.45. The first-order valence-corrected chi connectivity index (χ1v) is 7.17. The molecule has 1 saturated carbocycles. The van der Waals surface area contributed by atoms with Crippen LogP contribution in [0, 0.1) is 6.92 Å². The zero-order valence-corrected chi connectivity index (χ0v) is 12.1. The Labute approximate surface area is 125 Å². The Kier molecular flexibility index (Phi) is 3.65. The normalized spacial score (nSPS) is 17.7. The number of alkyl halides is 3. The van der Waals surface area contributed by atoms with Crippen LogP contribution < -0.4 is 5.32 Å². The molecular formula is C15H17F3N2O2. The van der Waals surface area contributed by atoms with Crippen LogP contribution in [-0.4, -0.2) is 22.2 Å². The molecule has 0 atom stereocenters. The zero-order valence-electron chi connectivity index (χ0n) is 12.1. The fourth-order valence-corrected chi connectivity index (χ4v) is 2.72. The van der Waals surface area contributed by atoms with Crippen molar-refractivity contribution in [3.63, 3.8) is 0 Å². The fourth-order valence-electron chi connectivity index (χ4n) is 2.72. The lowest BCUT2D eigenvalue weighted by atomic mass is 9.80. The highest BCUT2D eigenvalue weighted by molar-refractivity contribution is 5.78. The maximum atomic E-state index is 13.1. The van der Waals surface area contributed by atoms with Crippen molar-refractivity contribution in [2.75, 3.05) is 6.54 Å². The van der Waals surface area contributed by atoms with Crippen molar-refractivity contribution in [2.45, 2.75) is 44.5 Å². The van der Waals surface area contributed by atoms with E-state index >= 15 is 0 Å². The van der Waals surface area contributed by atoms with E-state index in [1.807, 2.05) is 0 Å². The summed E-state index contributed by atoms with van der Waals surface area (Å²) in [5.41, 5.74) is -1.08. The van der Waals surface area contributed by atoms with Crippen LogP contribution in [0.25, 0.3) is 11.1 Å². The molecule has 0 saturated heterocycles. The first-order chi connectivity index (χ1) is 10.3. The van der Waals surface area contributed by atoms with E-state index in [2.05, 4.69) is 10.3 Å². The van der Waals surface area contributed by atoms with E-state index in [-0.39, 0.29) is 23.5 Å². The zero-order chi connectivity index (χ0) is 16.0. The van der Waals surface area contributed by atoms with E-state index in [1.165, 1.54) is 6.92 Å². The van der Waals surface area contributed by atoms with Crippen LogP contribution in [-0.2, 0) is 12.7 Å². The maximum Gasteiger partial charge on any atom is 0.420 e. The number of oxazole rings is 1. The minimum Gasteiger partial charge on any atom is -0.440 e. The Balaban J connectivity index is 1.83. The third-order valence-corrected chi connectivity index (χ3v) is 4.03. The first-order valence-electron chi connectivity index (χ1n) is 7.17. The average Bonchev–Trinajstić information content (AvgIpc) is 2.74. The molecular weight excluding hydrogens is 297 g/mol. The highest BCUT2D eigenvalue weighted by atomic mass is 19.4. The maximum absolute atomic E-state index is 13.1. The Morgan fingerprint density at radius 3 is 2.68 bits per heavy atom. The summed E-state index contributed by atoms with van der Waals surface area (Å²) in [5.74, 6) is 0.203. The second-order valence-electron chi connectivity index (χ2n) is 5.90. The molecule has 0 unspecified atom stereocenters. The third-order valence-electron chi connectivity index (χ3n) is 4.03. The monoisotopic (exact) mass is 314 g/mol. The van der Waals surface area contributed by atoms with Gasteiger partial charge in [-0.15, -0.1) is 0 Å². The molecule has 7 heteroatoms. The summed E-state index contributed by atoms with van der Waals surface area (Å²) in [7, 11) is 0. The van der Waals surface area contributed by atoms with E-state index in [4.69, 9.17) is 4.42 Å². The van der Waals surface area contributed by atoms with Gasteiger partial charge in [-0.2, -0.15) is 13.2 Å².